The van der Waals surface area contributed by atoms with Crippen LogP contribution in [0.1, 0.15) is 38.4 Å². The fraction of sp³-hybridized carbons (Fsp3) is 0.562. The summed E-state index contributed by atoms with van der Waals surface area (Å²) in [5.74, 6) is 1.82. The topological polar surface area (TPSA) is 43.8 Å². The maximum atomic E-state index is 6.28. The van der Waals surface area contributed by atoms with Crippen LogP contribution < -0.4 is 5.73 Å². The molecule has 102 valence electrons. The third-order valence-electron chi connectivity index (χ3n) is 4.46. The van der Waals surface area contributed by atoms with E-state index in [1.54, 1.807) is 0 Å². The van der Waals surface area contributed by atoms with E-state index in [-0.39, 0.29) is 0 Å². The highest BCUT2D eigenvalue weighted by Gasteiger charge is 2.24. The number of para-hydroxylation sites is 2. The van der Waals surface area contributed by atoms with Gasteiger partial charge in [-0.05, 0) is 37.8 Å². The van der Waals surface area contributed by atoms with Crippen molar-refractivity contribution in [3.63, 3.8) is 0 Å². The van der Waals surface area contributed by atoms with E-state index in [1.165, 1.54) is 37.0 Å². The van der Waals surface area contributed by atoms with Crippen molar-refractivity contribution in [3.05, 3.63) is 30.1 Å². The fourth-order valence-corrected chi connectivity index (χ4v) is 3.36. The Bertz CT molecular complexity index is 558. The van der Waals surface area contributed by atoms with Crippen molar-refractivity contribution < 1.29 is 0 Å². The zero-order valence-electron chi connectivity index (χ0n) is 11.7. The van der Waals surface area contributed by atoms with Gasteiger partial charge in [0.1, 0.15) is 5.82 Å². The molecule has 1 aromatic heterocycles. The van der Waals surface area contributed by atoms with Crippen LogP contribution in [0.3, 0.4) is 0 Å². The maximum Gasteiger partial charge on any atom is 0.110 e. The molecular weight excluding hydrogens is 234 g/mol. The second-order valence-corrected chi connectivity index (χ2v) is 5.67. The Kier molecular flexibility index (Phi) is 3.56. The standard InChI is InChI=1S/C16H23N3/c1-2-19-15-10-6-5-9-14(15)18-16(19)11-12-7-3-4-8-13(12)17/h5-6,9-10,12-13H,2-4,7-8,11,17H2,1H3. The van der Waals surface area contributed by atoms with Gasteiger partial charge in [0.05, 0.1) is 11.0 Å². The lowest BCUT2D eigenvalue weighted by atomic mass is 9.83. The molecule has 0 radical (unpaired) electrons. The molecule has 0 bridgehead atoms. The minimum Gasteiger partial charge on any atom is -0.328 e. The molecule has 19 heavy (non-hydrogen) atoms. The largest absolute Gasteiger partial charge is 0.328 e. The number of hydrogen-bond acceptors (Lipinski definition) is 2. The van der Waals surface area contributed by atoms with Crippen LogP contribution in [0, 0.1) is 5.92 Å². The van der Waals surface area contributed by atoms with E-state index in [9.17, 15) is 0 Å². The molecular formula is C16H23N3. The summed E-state index contributed by atoms with van der Waals surface area (Å²) in [6.45, 7) is 3.18. The first kappa shape index (κ1) is 12.7. The summed E-state index contributed by atoms with van der Waals surface area (Å²) in [6.07, 6.45) is 6.08. The predicted molar refractivity (Wildman–Crippen MR) is 79.0 cm³/mol. The molecule has 1 saturated carbocycles. The molecule has 2 N–H and O–H groups in total. The summed E-state index contributed by atoms with van der Waals surface area (Å²) in [6, 6.07) is 8.78. The average Bonchev–Trinajstić information content (AvgIpc) is 2.78. The molecule has 3 heteroatoms. The van der Waals surface area contributed by atoms with Gasteiger partial charge in [-0.1, -0.05) is 25.0 Å². The molecule has 2 atom stereocenters. The van der Waals surface area contributed by atoms with Crippen molar-refractivity contribution >= 4 is 11.0 Å². The van der Waals surface area contributed by atoms with Crippen molar-refractivity contribution in [2.24, 2.45) is 11.7 Å². The number of nitrogens with two attached hydrogens (primary N) is 1. The third kappa shape index (κ3) is 2.39. The molecule has 1 heterocycles. The van der Waals surface area contributed by atoms with Gasteiger partial charge in [0.2, 0.25) is 0 Å². The average molecular weight is 257 g/mol. The second kappa shape index (κ2) is 5.33. The van der Waals surface area contributed by atoms with E-state index in [2.05, 4.69) is 35.8 Å². The summed E-state index contributed by atoms with van der Waals surface area (Å²) < 4.78 is 2.34. The van der Waals surface area contributed by atoms with Crippen molar-refractivity contribution in [1.29, 1.82) is 0 Å². The van der Waals surface area contributed by atoms with Crippen LogP contribution in [-0.2, 0) is 13.0 Å². The first-order valence-electron chi connectivity index (χ1n) is 7.49. The normalized spacial score (nSPS) is 23.9. The SMILES string of the molecule is CCn1c(CC2CCCCC2N)nc2ccccc21. The van der Waals surface area contributed by atoms with Crippen LogP contribution in [0.15, 0.2) is 24.3 Å². The molecule has 3 rings (SSSR count). The van der Waals surface area contributed by atoms with Crippen LogP contribution in [0.4, 0.5) is 0 Å². The Morgan fingerprint density at radius 1 is 1.26 bits per heavy atom. The number of benzene rings is 1. The van der Waals surface area contributed by atoms with E-state index in [4.69, 9.17) is 10.7 Å². The fourth-order valence-electron chi connectivity index (χ4n) is 3.36. The number of nitrogens with zero attached hydrogens (tertiary/aromatic N) is 2. The Labute approximate surface area is 114 Å². The molecule has 0 spiro atoms. The molecule has 1 fully saturated rings. The Balaban J connectivity index is 1.91. The van der Waals surface area contributed by atoms with Gasteiger partial charge < -0.3 is 10.3 Å². The van der Waals surface area contributed by atoms with Gasteiger partial charge in [0.15, 0.2) is 0 Å². The number of aryl methyl sites for hydroxylation is 1. The number of rotatable bonds is 3. The number of imidazole rings is 1. The zero-order valence-corrected chi connectivity index (χ0v) is 11.7. The number of hydrogen-bond donors (Lipinski definition) is 1. The highest BCUT2D eigenvalue weighted by molar-refractivity contribution is 5.75. The molecule has 1 aliphatic carbocycles. The minimum absolute atomic E-state index is 0.360. The lowest BCUT2D eigenvalue weighted by Crippen LogP contribution is -2.34. The molecule has 0 aliphatic heterocycles. The molecule has 2 aromatic rings. The summed E-state index contributed by atoms with van der Waals surface area (Å²) in [4.78, 5) is 4.82. The summed E-state index contributed by atoms with van der Waals surface area (Å²) >= 11 is 0. The molecule has 0 saturated heterocycles. The monoisotopic (exact) mass is 257 g/mol. The molecule has 0 amide bonds. The maximum absolute atomic E-state index is 6.28. The molecule has 1 aliphatic rings. The Morgan fingerprint density at radius 3 is 2.84 bits per heavy atom. The van der Waals surface area contributed by atoms with E-state index >= 15 is 0 Å². The van der Waals surface area contributed by atoms with E-state index in [0.717, 1.165) is 18.5 Å². The Hall–Kier alpha value is -1.35. The van der Waals surface area contributed by atoms with Crippen LogP contribution in [0.2, 0.25) is 0 Å². The highest BCUT2D eigenvalue weighted by atomic mass is 15.1. The van der Waals surface area contributed by atoms with Crippen LogP contribution >= 0.6 is 0 Å². The smallest absolute Gasteiger partial charge is 0.110 e. The van der Waals surface area contributed by atoms with Gasteiger partial charge in [-0.2, -0.15) is 0 Å². The van der Waals surface area contributed by atoms with Crippen molar-refractivity contribution in [2.45, 2.75) is 51.6 Å². The van der Waals surface area contributed by atoms with E-state index in [0.29, 0.717) is 12.0 Å². The first-order valence-corrected chi connectivity index (χ1v) is 7.49. The number of aromatic nitrogens is 2. The second-order valence-electron chi connectivity index (χ2n) is 5.67. The van der Waals surface area contributed by atoms with Crippen LogP contribution in [-0.4, -0.2) is 15.6 Å². The van der Waals surface area contributed by atoms with Gasteiger partial charge >= 0.3 is 0 Å². The van der Waals surface area contributed by atoms with Crippen molar-refractivity contribution in [1.82, 2.24) is 9.55 Å². The van der Waals surface area contributed by atoms with Gasteiger partial charge in [0, 0.05) is 19.0 Å². The summed E-state index contributed by atoms with van der Waals surface area (Å²) in [5.41, 5.74) is 8.64. The van der Waals surface area contributed by atoms with Crippen LogP contribution in [0.25, 0.3) is 11.0 Å². The van der Waals surface area contributed by atoms with Crippen molar-refractivity contribution in [2.75, 3.05) is 0 Å². The lowest BCUT2D eigenvalue weighted by Gasteiger charge is -2.28. The van der Waals surface area contributed by atoms with Gasteiger partial charge in [0.25, 0.3) is 0 Å². The number of fused-ring (bicyclic) bond motifs is 1. The first-order chi connectivity index (χ1) is 9.29. The van der Waals surface area contributed by atoms with E-state index < -0.39 is 0 Å². The third-order valence-corrected chi connectivity index (χ3v) is 4.46. The molecule has 3 nitrogen and oxygen atoms in total. The summed E-state index contributed by atoms with van der Waals surface area (Å²) in [5, 5.41) is 0. The van der Waals surface area contributed by atoms with Gasteiger partial charge in [-0.15, -0.1) is 0 Å². The zero-order chi connectivity index (χ0) is 13.2. The molecule has 1 aromatic carbocycles. The quantitative estimate of drug-likeness (QED) is 0.918. The van der Waals surface area contributed by atoms with Crippen molar-refractivity contribution in [3.8, 4) is 0 Å². The lowest BCUT2D eigenvalue weighted by molar-refractivity contribution is 0.300. The minimum atomic E-state index is 0.360. The summed E-state index contributed by atoms with van der Waals surface area (Å²) in [7, 11) is 0. The Morgan fingerprint density at radius 2 is 2.05 bits per heavy atom. The van der Waals surface area contributed by atoms with E-state index in [1.807, 2.05) is 0 Å². The van der Waals surface area contributed by atoms with Gasteiger partial charge in [-0.25, -0.2) is 4.98 Å². The van der Waals surface area contributed by atoms with Crippen LogP contribution in [0.5, 0.6) is 0 Å². The predicted octanol–water partition coefficient (Wildman–Crippen LogP) is 3.12. The van der Waals surface area contributed by atoms with Gasteiger partial charge in [-0.3, -0.25) is 0 Å². The highest BCUT2D eigenvalue weighted by Crippen LogP contribution is 2.27. The molecule has 2 unspecified atom stereocenters.